The molecule has 4 nitrogen and oxygen atoms in total. The number of aryl methyl sites for hydroxylation is 1. The van der Waals surface area contributed by atoms with E-state index in [4.69, 9.17) is 4.42 Å². The Morgan fingerprint density at radius 1 is 1.30 bits per heavy atom. The molecule has 5 heteroatoms. The number of nitrogens with one attached hydrogen (secondary N) is 1. The van der Waals surface area contributed by atoms with Crippen molar-refractivity contribution in [2.45, 2.75) is 26.3 Å². The fourth-order valence-electron chi connectivity index (χ4n) is 2.48. The Bertz CT molecular complexity index is 828. The summed E-state index contributed by atoms with van der Waals surface area (Å²) in [6, 6.07) is 9.88. The van der Waals surface area contributed by atoms with Crippen LogP contribution < -0.4 is 5.32 Å². The smallest absolute Gasteiger partial charge is 0.224 e. The zero-order valence-electron chi connectivity index (χ0n) is 12.8. The van der Waals surface area contributed by atoms with Gasteiger partial charge < -0.3 is 9.73 Å². The Labute approximate surface area is 143 Å². The molecule has 0 spiro atoms. The van der Waals surface area contributed by atoms with Crippen LogP contribution in [0.2, 0.25) is 0 Å². The third-order valence-corrected chi connectivity index (χ3v) is 4.40. The molecule has 0 saturated carbocycles. The average Bonchev–Trinajstić information content (AvgIpc) is 2.89. The molecule has 0 unspecified atom stereocenters. The molecule has 2 heterocycles. The predicted octanol–water partition coefficient (Wildman–Crippen LogP) is 4.01. The van der Waals surface area contributed by atoms with E-state index in [0.717, 1.165) is 28.5 Å². The maximum absolute atomic E-state index is 12.2. The zero-order valence-corrected chi connectivity index (χ0v) is 14.4. The fraction of sp³-hybridized carbons (Fsp3) is 0.222. The maximum Gasteiger partial charge on any atom is 0.224 e. The van der Waals surface area contributed by atoms with Gasteiger partial charge >= 0.3 is 0 Å². The number of pyridine rings is 1. The Balaban J connectivity index is 1.75. The number of halogens is 1. The van der Waals surface area contributed by atoms with Crippen molar-refractivity contribution in [3.05, 3.63) is 64.1 Å². The van der Waals surface area contributed by atoms with Gasteiger partial charge in [0.05, 0.1) is 6.42 Å². The fourth-order valence-corrected chi connectivity index (χ4v) is 3.01. The van der Waals surface area contributed by atoms with E-state index in [1.165, 1.54) is 5.56 Å². The molecule has 23 heavy (non-hydrogen) atoms. The van der Waals surface area contributed by atoms with Crippen LogP contribution in [0.5, 0.6) is 0 Å². The minimum absolute atomic E-state index is 0.0424. The first kappa shape index (κ1) is 15.7. The SMILES string of the molecule is CCc1ccc2oc(Br)c(CC(=O)NCc3cccnc3)c2c1. The van der Waals surface area contributed by atoms with E-state index in [-0.39, 0.29) is 12.3 Å². The van der Waals surface area contributed by atoms with E-state index < -0.39 is 0 Å². The van der Waals surface area contributed by atoms with Crippen LogP contribution in [0, 0.1) is 0 Å². The second-order valence-corrected chi connectivity index (χ2v) is 6.07. The molecule has 0 aliphatic rings. The van der Waals surface area contributed by atoms with Gasteiger partial charge in [0.2, 0.25) is 5.91 Å². The van der Waals surface area contributed by atoms with Crippen LogP contribution in [0.15, 0.2) is 51.8 Å². The Hall–Kier alpha value is -2.14. The molecule has 1 amide bonds. The molecule has 0 fully saturated rings. The minimum atomic E-state index is -0.0424. The van der Waals surface area contributed by atoms with Crippen LogP contribution in [0.1, 0.15) is 23.6 Å². The van der Waals surface area contributed by atoms with Gasteiger partial charge in [-0.2, -0.15) is 0 Å². The van der Waals surface area contributed by atoms with Crippen LogP contribution in [-0.4, -0.2) is 10.9 Å². The minimum Gasteiger partial charge on any atom is -0.449 e. The van der Waals surface area contributed by atoms with Crippen LogP contribution in [0.25, 0.3) is 11.0 Å². The monoisotopic (exact) mass is 372 g/mol. The van der Waals surface area contributed by atoms with Gasteiger partial charge in [0.25, 0.3) is 0 Å². The van der Waals surface area contributed by atoms with E-state index in [1.54, 1.807) is 12.4 Å². The van der Waals surface area contributed by atoms with E-state index in [1.807, 2.05) is 24.3 Å². The summed E-state index contributed by atoms with van der Waals surface area (Å²) in [5.41, 5.74) is 3.89. The number of aromatic nitrogens is 1. The second kappa shape index (κ2) is 6.96. The first-order valence-electron chi connectivity index (χ1n) is 7.52. The Morgan fingerprint density at radius 3 is 2.91 bits per heavy atom. The lowest BCUT2D eigenvalue weighted by molar-refractivity contribution is -0.120. The van der Waals surface area contributed by atoms with E-state index in [2.05, 4.69) is 39.2 Å². The Kier molecular flexibility index (Phi) is 4.76. The summed E-state index contributed by atoms with van der Waals surface area (Å²) in [5, 5.41) is 3.91. The van der Waals surface area contributed by atoms with Crippen molar-refractivity contribution in [1.29, 1.82) is 0 Å². The molecule has 0 atom stereocenters. The normalized spacial score (nSPS) is 10.9. The number of benzene rings is 1. The molecular formula is C18H17BrN2O2. The summed E-state index contributed by atoms with van der Waals surface area (Å²) in [5.74, 6) is -0.0424. The number of hydrogen-bond acceptors (Lipinski definition) is 3. The zero-order chi connectivity index (χ0) is 16.2. The molecule has 118 valence electrons. The summed E-state index contributed by atoms with van der Waals surface area (Å²) in [4.78, 5) is 16.3. The quantitative estimate of drug-likeness (QED) is 0.735. The largest absolute Gasteiger partial charge is 0.449 e. The lowest BCUT2D eigenvalue weighted by atomic mass is 10.1. The third kappa shape index (κ3) is 3.62. The molecule has 1 aromatic carbocycles. The van der Waals surface area contributed by atoms with Crippen LogP contribution in [-0.2, 0) is 24.2 Å². The summed E-state index contributed by atoms with van der Waals surface area (Å²) >= 11 is 3.42. The van der Waals surface area contributed by atoms with Crippen molar-refractivity contribution >= 4 is 32.8 Å². The van der Waals surface area contributed by atoms with Gasteiger partial charge in [-0.3, -0.25) is 9.78 Å². The van der Waals surface area contributed by atoms with Crippen molar-refractivity contribution in [2.75, 3.05) is 0 Å². The van der Waals surface area contributed by atoms with E-state index in [9.17, 15) is 4.79 Å². The lowest BCUT2D eigenvalue weighted by Gasteiger charge is -2.05. The molecule has 0 radical (unpaired) electrons. The number of furan rings is 1. The van der Waals surface area contributed by atoms with Crippen LogP contribution in [0.3, 0.4) is 0 Å². The molecule has 0 bridgehead atoms. The average molecular weight is 373 g/mol. The molecular weight excluding hydrogens is 356 g/mol. The lowest BCUT2D eigenvalue weighted by Crippen LogP contribution is -2.24. The highest BCUT2D eigenvalue weighted by atomic mass is 79.9. The highest BCUT2D eigenvalue weighted by Crippen LogP contribution is 2.31. The van der Waals surface area contributed by atoms with Crippen molar-refractivity contribution in [1.82, 2.24) is 10.3 Å². The van der Waals surface area contributed by atoms with Gasteiger partial charge in [-0.05, 0) is 51.7 Å². The first-order chi connectivity index (χ1) is 11.2. The summed E-state index contributed by atoms with van der Waals surface area (Å²) in [6.45, 7) is 2.58. The van der Waals surface area contributed by atoms with Crippen LogP contribution in [0.4, 0.5) is 0 Å². The first-order valence-corrected chi connectivity index (χ1v) is 8.32. The molecule has 2 aromatic heterocycles. The van der Waals surface area contributed by atoms with Gasteiger partial charge in [-0.1, -0.05) is 19.1 Å². The number of fused-ring (bicyclic) bond motifs is 1. The highest BCUT2D eigenvalue weighted by Gasteiger charge is 2.15. The van der Waals surface area contributed by atoms with Crippen molar-refractivity contribution in [2.24, 2.45) is 0 Å². The Morgan fingerprint density at radius 2 is 2.17 bits per heavy atom. The predicted molar refractivity (Wildman–Crippen MR) is 93.1 cm³/mol. The van der Waals surface area contributed by atoms with Crippen molar-refractivity contribution in [3.63, 3.8) is 0 Å². The maximum atomic E-state index is 12.2. The van der Waals surface area contributed by atoms with Gasteiger partial charge in [0.1, 0.15) is 5.58 Å². The summed E-state index contributed by atoms with van der Waals surface area (Å²) in [7, 11) is 0. The molecule has 0 saturated heterocycles. The van der Waals surface area contributed by atoms with Crippen molar-refractivity contribution in [3.8, 4) is 0 Å². The van der Waals surface area contributed by atoms with Crippen molar-refractivity contribution < 1.29 is 9.21 Å². The number of carbonyl (C=O) groups excluding carboxylic acids is 1. The molecule has 3 rings (SSSR count). The molecule has 0 aliphatic heterocycles. The van der Waals surface area contributed by atoms with Gasteiger partial charge in [0.15, 0.2) is 4.67 Å². The summed E-state index contributed by atoms with van der Waals surface area (Å²) in [6.07, 6.45) is 4.69. The van der Waals surface area contributed by atoms with Gasteiger partial charge in [-0.25, -0.2) is 0 Å². The third-order valence-electron chi connectivity index (χ3n) is 3.76. The van der Waals surface area contributed by atoms with Gasteiger partial charge in [0, 0.05) is 29.9 Å². The van der Waals surface area contributed by atoms with Crippen LogP contribution >= 0.6 is 15.9 Å². The van der Waals surface area contributed by atoms with E-state index in [0.29, 0.717) is 11.2 Å². The molecule has 3 aromatic rings. The molecule has 1 N–H and O–H groups in total. The van der Waals surface area contributed by atoms with Gasteiger partial charge in [-0.15, -0.1) is 0 Å². The number of nitrogens with zero attached hydrogens (tertiary/aromatic N) is 1. The standard InChI is InChI=1S/C18H17BrN2O2/c1-2-12-5-6-16-14(8-12)15(18(19)23-16)9-17(22)21-11-13-4-3-7-20-10-13/h3-8,10H,2,9,11H2,1H3,(H,21,22). The topological polar surface area (TPSA) is 55.1 Å². The number of amides is 1. The second-order valence-electron chi connectivity index (χ2n) is 5.35. The number of rotatable bonds is 5. The van der Waals surface area contributed by atoms with E-state index >= 15 is 0 Å². The number of carbonyl (C=O) groups is 1. The highest BCUT2D eigenvalue weighted by molar-refractivity contribution is 9.10. The molecule has 0 aliphatic carbocycles. The number of hydrogen-bond donors (Lipinski definition) is 1. The summed E-state index contributed by atoms with van der Waals surface area (Å²) < 4.78 is 6.31.